The zero-order valence-corrected chi connectivity index (χ0v) is 28.1. The molecule has 0 heterocycles. The van der Waals surface area contributed by atoms with E-state index in [4.69, 9.17) is 0 Å². The number of ketones is 2. The first-order valence-electron chi connectivity index (χ1n) is 17.3. The molecule has 240 valence electrons. The first-order valence-corrected chi connectivity index (χ1v) is 17.3. The van der Waals surface area contributed by atoms with Crippen LogP contribution < -0.4 is 0 Å². The summed E-state index contributed by atoms with van der Waals surface area (Å²) >= 11 is 0. The second-order valence-electron chi connectivity index (χ2n) is 13.2. The molecule has 45 heavy (non-hydrogen) atoms. The van der Waals surface area contributed by atoms with Crippen molar-refractivity contribution in [3.63, 3.8) is 0 Å². The molecule has 1 aromatic rings. The Bertz CT molecular complexity index is 1380. The van der Waals surface area contributed by atoms with Crippen molar-refractivity contribution in [3.8, 4) is 0 Å². The van der Waals surface area contributed by atoms with Crippen molar-refractivity contribution in [1.29, 1.82) is 0 Å². The maximum absolute atomic E-state index is 12.9. The number of carbonyl (C=O) groups is 2. The lowest BCUT2D eigenvalue weighted by Crippen LogP contribution is -2.27. The third-order valence-electron chi connectivity index (χ3n) is 9.29. The van der Waals surface area contributed by atoms with Gasteiger partial charge in [-0.25, -0.2) is 0 Å². The van der Waals surface area contributed by atoms with E-state index >= 15 is 0 Å². The molecule has 4 rings (SSSR count). The summed E-state index contributed by atoms with van der Waals surface area (Å²) in [7, 11) is 1.80. The Hall–Kier alpha value is -3.53. The molecule has 1 saturated carbocycles. The molecule has 3 aliphatic rings. The molecule has 0 aliphatic heterocycles. The van der Waals surface area contributed by atoms with Crippen LogP contribution in [0.1, 0.15) is 102 Å². The highest BCUT2D eigenvalue weighted by Gasteiger charge is 2.29. The van der Waals surface area contributed by atoms with Crippen LogP contribution in [0, 0.1) is 11.8 Å². The van der Waals surface area contributed by atoms with Gasteiger partial charge in [0.2, 0.25) is 0 Å². The molecule has 0 amide bonds. The van der Waals surface area contributed by atoms with Crippen molar-refractivity contribution >= 4 is 23.4 Å². The molecule has 3 aliphatic carbocycles. The smallest absolute Gasteiger partial charge is 0.140 e. The fourth-order valence-electron chi connectivity index (χ4n) is 6.60. The lowest BCUT2D eigenvalue weighted by molar-refractivity contribution is -0.122. The Labute approximate surface area is 272 Å². The number of aryl methyl sites for hydroxylation is 1. The fourth-order valence-corrected chi connectivity index (χ4v) is 6.60. The Morgan fingerprint density at radius 1 is 1.02 bits per heavy atom. The van der Waals surface area contributed by atoms with Crippen molar-refractivity contribution in [2.24, 2.45) is 16.8 Å². The van der Waals surface area contributed by atoms with Crippen molar-refractivity contribution in [2.75, 3.05) is 20.1 Å². The highest BCUT2D eigenvalue weighted by molar-refractivity contribution is 5.85. The number of allylic oxidation sites excluding steroid dienone is 8. The van der Waals surface area contributed by atoms with Gasteiger partial charge in [-0.3, -0.25) is 14.6 Å². The highest BCUT2D eigenvalue weighted by atomic mass is 16.1. The summed E-state index contributed by atoms with van der Waals surface area (Å²) in [4.78, 5) is 32.0. The van der Waals surface area contributed by atoms with Crippen LogP contribution in [-0.4, -0.2) is 42.8 Å². The summed E-state index contributed by atoms with van der Waals surface area (Å²) in [5.41, 5.74) is 9.48. The number of nitrogens with zero attached hydrogens (tertiary/aromatic N) is 2. The lowest BCUT2D eigenvalue weighted by atomic mass is 9.88. The SMILES string of the molecule is C=C1C=C(c2ccc(CCC3CCC=C(CCC)CC3=O)cc2)C=C(/C(=C\C=N/C)N(CCC)CCC(=C)CC(=O)C2CC2)C1. The van der Waals surface area contributed by atoms with Crippen molar-refractivity contribution in [1.82, 2.24) is 4.90 Å². The fraction of sp³-hybridized carbons (Fsp3) is 0.488. The van der Waals surface area contributed by atoms with Crippen LogP contribution in [0.5, 0.6) is 0 Å². The quantitative estimate of drug-likeness (QED) is 0.131. The summed E-state index contributed by atoms with van der Waals surface area (Å²) in [6.45, 7) is 14.8. The third-order valence-corrected chi connectivity index (χ3v) is 9.29. The van der Waals surface area contributed by atoms with E-state index < -0.39 is 0 Å². The van der Waals surface area contributed by atoms with E-state index in [0.29, 0.717) is 24.4 Å². The molecular formula is C41H54N2O2. The van der Waals surface area contributed by atoms with Gasteiger partial charge in [-0.2, -0.15) is 0 Å². The van der Waals surface area contributed by atoms with Gasteiger partial charge in [-0.05, 0) is 98.6 Å². The van der Waals surface area contributed by atoms with E-state index in [9.17, 15) is 9.59 Å². The maximum atomic E-state index is 12.9. The van der Waals surface area contributed by atoms with Crippen LogP contribution in [0.25, 0.3) is 5.57 Å². The van der Waals surface area contributed by atoms with Gasteiger partial charge < -0.3 is 4.90 Å². The Morgan fingerprint density at radius 2 is 1.80 bits per heavy atom. The molecule has 0 N–H and O–H groups in total. The first-order chi connectivity index (χ1) is 21.8. The summed E-state index contributed by atoms with van der Waals surface area (Å²) in [5, 5.41) is 0. The average molecular weight is 607 g/mol. The minimum Gasteiger partial charge on any atom is -0.371 e. The molecule has 1 atom stereocenters. The molecule has 1 fully saturated rings. The maximum Gasteiger partial charge on any atom is 0.140 e. The van der Waals surface area contributed by atoms with E-state index in [1.807, 2.05) is 6.21 Å². The van der Waals surface area contributed by atoms with Gasteiger partial charge in [0.25, 0.3) is 0 Å². The topological polar surface area (TPSA) is 49.7 Å². The van der Waals surface area contributed by atoms with Crippen LogP contribution >= 0.6 is 0 Å². The highest BCUT2D eigenvalue weighted by Crippen LogP contribution is 2.35. The van der Waals surface area contributed by atoms with E-state index in [0.717, 1.165) is 106 Å². The number of hydrogen-bond donors (Lipinski definition) is 0. The molecule has 0 radical (unpaired) electrons. The summed E-state index contributed by atoms with van der Waals surface area (Å²) in [5.74, 6) is 1.24. The Balaban J connectivity index is 1.43. The molecule has 0 spiro atoms. The monoisotopic (exact) mass is 606 g/mol. The number of benzene rings is 1. The molecule has 4 heteroatoms. The summed E-state index contributed by atoms with van der Waals surface area (Å²) in [6.07, 6.45) is 22.7. The number of Topliss-reactive ketones (excluding diaryl/α,β-unsaturated/α-hetero) is 2. The Morgan fingerprint density at radius 3 is 2.49 bits per heavy atom. The van der Waals surface area contributed by atoms with E-state index in [1.165, 1.54) is 22.3 Å². The van der Waals surface area contributed by atoms with Gasteiger partial charge in [0.1, 0.15) is 11.6 Å². The average Bonchev–Trinajstić information content (AvgIpc) is 3.88. The van der Waals surface area contributed by atoms with Crippen LogP contribution in [0.2, 0.25) is 0 Å². The van der Waals surface area contributed by atoms with Crippen molar-refractivity contribution in [2.45, 2.75) is 97.3 Å². The van der Waals surface area contributed by atoms with Crippen molar-refractivity contribution in [3.05, 3.63) is 101 Å². The third kappa shape index (κ3) is 10.5. The lowest BCUT2D eigenvalue weighted by Gasteiger charge is -2.31. The Kier molecular flexibility index (Phi) is 13.2. The predicted molar refractivity (Wildman–Crippen MR) is 190 cm³/mol. The molecule has 0 saturated heterocycles. The summed E-state index contributed by atoms with van der Waals surface area (Å²) in [6, 6.07) is 8.87. The normalized spacial score (nSPS) is 19.2. The van der Waals surface area contributed by atoms with Gasteiger partial charge in [0, 0.05) is 56.7 Å². The zero-order valence-electron chi connectivity index (χ0n) is 28.1. The summed E-state index contributed by atoms with van der Waals surface area (Å²) < 4.78 is 0. The minimum absolute atomic E-state index is 0.170. The van der Waals surface area contributed by atoms with Crippen LogP contribution in [0.3, 0.4) is 0 Å². The van der Waals surface area contributed by atoms with E-state index in [1.54, 1.807) is 7.05 Å². The number of aliphatic imine (C=N–C) groups is 1. The zero-order chi connectivity index (χ0) is 32.2. The largest absolute Gasteiger partial charge is 0.371 e. The minimum atomic E-state index is 0.170. The molecule has 0 aromatic heterocycles. The standard InChI is InChI=1S/C41H54N2O2/c1-6-9-33-10-8-11-35(41(45)28-33)17-14-32-12-15-34(16-13-32)37-25-31(4)26-38(29-37)39(20-22-42-5)43(23-7-2)24-21-30(3)27-40(44)36-18-19-36/h10,12-13,15-16,20,22,25,29,35-36H,3-4,6-9,11,14,17-19,21,23-24,26-28H2,1-2,5H3/b39-20+,42-22-. The predicted octanol–water partition coefficient (Wildman–Crippen LogP) is 9.60. The van der Waals surface area contributed by atoms with Crippen LogP contribution in [0.15, 0.2) is 94.7 Å². The van der Waals surface area contributed by atoms with Gasteiger partial charge in [-0.15, -0.1) is 0 Å². The molecule has 0 bridgehead atoms. The number of hydrogen-bond acceptors (Lipinski definition) is 4. The van der Waals surface area contributed by atoms with Gasteiger partial charge in [-0.1, -0.05) is 86.6 Å². The van der Waals surface area contributed by atoms with E-state index in [-0.39, 0.29) is 11.8 Å². The molecule has 1 aromatic carbocycles. The molecule has 1 unspecified atom stereocenters. The van der Waals surface area contributed by atoms with Gasteiger partial charge in [0.15, 0.2) is 0 Å². The van der Waals surface area contributed by atoms with Crippen LogP contribution in [-0.2, 0) is 16.0 Å². The van der Waals surface area contributed by atoms with Gasteiger partial charge in [0.05, 0.1) is 0 Å². The molecule has 4 nitrogen and oxygen atoms in total. The van der Waals surface area contributed by atoms with E-state index in [2.05, 4.69) is 85.5 Å². The molecular weight excluding hydrogens is 552 g/mol. The number of carbonyl (C=O) groups excluding carboxylic acids is 2. The second kappa shape index (κ2) is 17.2. The number of rotatable bonds is 17. The first kappa shape index (κ1) is 34.3. The van der Waals surface area contributed by atoms with Crippen molar-refractivity contribution < 1.29 is 9.59 Å². The second-order valence-corrected chi connectivity index (χ2v) is 13.2. The van der Waals surface area contributed by atoms with Crippen LogP contribution in [0.4, 0.5) is 0 Å². The van der Waals surface area contributed by atoms with Gasteiger partial charge >= 0.3 is 0 Å².